The van der Waals surface area contributed by atoms with Crippen LogP contribution in [0.5, 0.6) is 5.75 Å². The van der Waals surface area contributed by atoms with Crippen molar-refractivity contribution >= 4 is 11.6 Å². The molecule has 2 unspecified atom stereocenters. The minimum Gasteiger partial charge on any atom is -0.497 e. The number of piperidine rings is 1. The maximum Gasteiger partial charge on any atom is 0.244 e. The Kier molecular flexibility index (Phi) is 4.15. The lowest BCUT2D eigenvalue weighted by Crippen LogP contribution is -2.53. The molecule has 1 aromatic carbocycles. The first-order valence-electron chi connectivity index (χ1n) is 7.92. The Labute approximate surface area is 126 Å². The van der Waals surface area contributed by atoms with Crippen molar-refractivity contribution in [2.75, 3.05) is 25.1 Å². The fourth-order valence-electron chi connectivity index (χ4n) is 3.48. The number of carbonyl (C=O) groups is 1. The lowest BCUT2D eigenvalue weighted by molar-refractivity contribution is -0.122. The lowest BCUT2D eigenvalue weighted by atomic mass is 9.90. The van der Waals surface area contributed by atoms with Gasteiger partial charge in [0.1, 0.15) is 5.75 Å². The van der Waals surface area contributed by atoms with Crippen LogP contribution in [0.3, 0.4) is 0 Å². The highest BCUT2D eigenvalue weighted by Gasteiger charge is 2.33. The molecule has 2 aliphatic rings. The molecule has 1 amide bonds. The number of benzene rings is 1. The van der Waals surface area contributed by atoms with Gasteiger partial charge in [0.05, 0.1) is 13.2 Å². The predicted molar refractivity (Wildman–Crippen MR) is 83.9 cm³/mol. The van der Waals surface area contributed by atoms with Crippen LogP contribution in [0.4, 0.5) is 5.69 Å². The zero-order valence-corrected chi connectivity index (χ0v) is 12.9. The molecule has 0 bridgehead atoms. The number of nitrogens with one attached hydrogen (secondary N) is 1. The molecule has 4 heteroatoms. The van der Waals surface area contributed by atoms with Crippen LogP contribution in [-0.2, 0) is 11.2 Å². The number of nitrogens with zero attached hydrogens (tertiary/aromatic N) is 1. The first-order chi connectivity index (χ1) is 10.2. The van der Waals surface area contributed by atoms with Crippen LogP contribution in [-0.4, -0.2) is 32.1 Å². The first-order valence-corrected chi connectivity index (χ1v) is 7.92. The number of methoxy groups -OCH3 is 1. The van der Waals surface area contributed by atoms with Crippen LogP contribution in [0.25, 0.3) is 0 Å². The van der Waals surface area contributed by atoms with Crippen molar-refractivity contribution in [3.05, 3.63) is 23.8 Å². The first kappa shape index (κ1) is 14.4. The number of ether oxygens (including phenoxy) is 1. The summed E-state index contributed by atoms with van der Waals surface area (Å²) in [6, 6.07) is 6.00. The van der Waals surface area contributed by atoms with Crippen molar-refractivity contribution in [1.29, 1.82) is 0 Å². The Balaban J connectivity index is 1.85. The topological polar surface area (TPSA) is 41.6 Å². The highest BCUT2D eigenvalue weighted by atomic mass is 16.5. The summed E-state index contributed by atoms with van der Waals surface area (Å²) >= 11 is 0. The molecule has 2 aliphatic heterocycles. The van der Waals surface area contributed by atoms with E-state index in [2.05, 4.69) is 18.3 Å². The summed E-state index contributed by atoms with van der Waals surface area (Å²) in [6.07, 6.45) is 4.34. The van der Waals surface area contributed by atoms with Crippen molar-refractivity contribution < 1.29 is 9.53 Å². The number of anilines is 1. The summed E-state index contributed by atoms with van der Waals surface area (Å²) in [7, 11) is 1.68. The molecule has 21 heavy (non-hydrogen) atoms. The molecule has 3 rings (SSSR count). The Morgan fingerprint density at radius 2 is 2.24 bits per heavy atom. The highest BCUT2D eigenvalue weighted by molar-refractivity contribution is 5.98. The second-order valence-corrected chi connectivity index (χ2v) is 6.14. The van der Waals surface area contributed by atoms with Crippen molar-refractivity contribution in [3.8, 4) is 5.75 Å². The van der Waals surface area contributed by atoms with E-state index in [0.717, 1.165) is 43.8 Å². The van der Waals surface area contributed by atoms with E-state index in [-0.39, 0.29) is 11.9 Å². The zero-order valence-electron chi connectivity index (χ0n) is 12.9. The van der Waals surface area contributed by atoms with Gasteiger partial charge in [0, 0.05) is 12.2 Å². The van der Waals surface area contributed by atoms with Crippen LogP contribution >= 0.6 is 0 Å². The Morgan fingerprint density at radius 3 is 3.00 bits per heavy atom. The maximum absolute atomic E-state index is 12.9. The van der Waals surface area contributed by atoms with Gasteiger partial charge in [-0.25, -0.2) is 0 Å². The summed E-state index contributed by atoms with van der Waals surface area (Å²) < 4.78 is 5.29. The predicted octanol–water partition coefficient (Wildman–Crippen LogP) is 2.36. The molecular formula is C17H24N2O2. The molecule has 0 saturated carbocycles. The third-order valence-electron chi connectivity index (χ3n) is 4.71. The summed E-state index contributed by atoms with van der Waals surface area (Å²) in [4.78, 5) is 14.9. The third kappa shape index (κ3) is 2.77. The van der Waals surface area contributed by atoms with Gasteiger partial charge in [-0.3, -0.25) is 4.79 Å². The van der Waals surface area contributed by atoms with E-state index in [4.69, 9.17) is 4.74 Å². The van der Waals surface area contributed by atoms with Gasteiger partial charge in [-0.15, -0.1) is 0 Å². The Morgan fingerprint density at radius 1 is 1.38 bits per heavy atom. The Hall–Kier alpha value is -1.55. The number of carbonyl (C=O) groups excluding carboxylic acids is 1. The molecule has 1 fully saturated rings. The van der Waals surface area contributed by atoms with Crippen molar-refractivity contribution in [2.24, 2.45) is 5.92 Å². The molecule has 0 spiro atoms. The molecule has 1 aromatic rings. The zero-order chi connectivity index (χ0) is 14.8. The lowest BCUT2D eigenvalue weighted by Gasteiger charge is -2.36. The molecule has 2 heterocycles. The molecule has 1 saturated heterocycles. The smallest absolute Gasteiger partial charge is 0.244 e. The monoisotopic (exact) mass is 288 g/mol. The van der Waals surface area contributed by atoms with E-state index in [9.17, 15) is 4.79 Å². The van der Waals surface area contributed by atoms with E-state index < -0.39 is 0 Å². The van der Waals surface area contributed by atoms with Crippen LogP contribution in [0.1, 0.15) is 31.7 Å². The third-order valence-corrected chi connectivity index (χ3v) is 4.71. The molecular weight excluding hydrogens is 264 g/mol. The summed E-state index contributed by atoms with van der Waals surface area (Å²) in [6.45, 7) is 3.95. The summed E-state index contributed by atoms with van der Waals surface area (Å²) in [5.41, 5.74) is 2.28. The normalized spacial score (nSPS) is 25.3. The molecule has 1 N–H and O–H groups in total. The standard InChI is InChI=1S/C17H24N2O2/c1-12-5-3-9-18-16(12)17(20)19-10-4-6-13-11-14(21-2)7-8-15(13)19/h7-8,11-12,16,18H,3-6,9-10H2,1-2H3. The van der Waals surface area contributed by atoms with Crippen molar-refractivity contribution in [1.82, 2.24) is 5.32 Å². The largest absolute Gasteiger partial charge is 0.497 e. The molecule has 114 valence electrons. The highest BCUT2D eigenvalue weighted by Crippen LogP contribution is 2.32. The Bertz CT molecular complexity index is 530. The van der Waals surface area contributed by atoms with Gasteiger partial charge in [-0.2, -0.15) is 0 Å². The molecule has 0 radical (unpaired) electrons. The number of amides is 1. The van der Waals surface area contributed by atoms with Crippen LogP contribution in [0, 0.1) is 5.92 Å². The minimum atomic E-state index is -0.0354. The van der Waals surface area contributed by atoms with Gasteiger partial charge in [0.15, 0.2) is 0 Å². The summed E-state index contributed by atoms with van der Waals surface area (Å²) in [5.74, 6) is 1.51. The van der Waals surface area contributed by atoms with Crippen molar-refractivity contribution in [2.45, 2.75) is 38.6 Å². The van der Waals surface area contributed by atoms with Gasteiger partial charge < -0.3 is 15.0 Å². The van der Waals surface area contributed by atoms with Gasteiger partial charge in [0.25, 0.3) is 0 Å². The SMILES string of the molecule is COc1ccc2c(c1)CCCN2C(=O)C1NCCCC1C. The molecule has 0 aromatic heterocycles. The van der Waals surface area contributed by atoms with Crippen LogP contribution < -0.4 is 15.0 Å². The quantitative estimate of drug-likeness (QED) is 0.908. The van der Waals surface area contributed by atoms with E-state index in [1.54, 1.807) is 7.11 Å². The van der Waals surface area contributed by atoms with Crippen molar-refractivity contribution in [3.63, 3.8) is 0 Å². The van der Waals surface area contributed by atoms with Gasteiger partial charge >= 0.3 is 0 Å². The van der Waals surface area contributed by atoms with Gasteiger partial charge in [-0.05, 0) is 61.9 Å². The summed E-state index contributed by atoms with van der Waals surface area (Å²) in [5, 5.41) is 3.40. The average molecular weight is 288 g/mol. The van der Waals surface area contributed by atoms with E-state index in [1.165, 1.54) is 12.0 Å². The minimum absolute atomic E-state index is 0.0354. The van der Waals surface area contributed by atoms with E-state index in [0.29, 0.717) is 5.92 Å². The number of rotatable bonds is 2. The average Bonchev–Trinajstić information content (AvgIpc) is 2.53. The number of fused-ring (bicyclic) bond motifs is 1. The number of aryl methyl sites for hydroxylation is 1. The number of hydrogen-bond donors (Lipinski definition) is 1. The van der Waals surface area contributed by atoms with Gasteiger partial charge in [-0.1, -0.05) is 6.92 Å². The van der Waals surface area contributed by atoms with E-state index in [1.807, 2.05) is 17.0 Å². The second kappa shape index (κ2) is 6.06. The van der Waals surface area contributed by atoms with Crippen LogP contribution in [0.15, 0.2) is 18.2 Å². The number of hydrogen-bond acceptors (Lipinski definition) is 3. The van der Waals surface area contributed by atoms with Crippen LogP contribution in [0.2, 0.25) is 0 Å². The molecule has 0 aliphatic carbocycles. The fraction of sp³-hybridized carbons (Fsp3) is 0.588. The fourth-order valence-corrected chi connectivity index (χ4v) is 3.48. The van der Waals surface area contributed by atoms with Gasteiger partial charge in [0.2, 0.25) is 5.91 Å². The maximum atomic E-state index is 12.9. The van der Waals surface area contributed by atoms with E-state index >= 15 is 0 Å². The molecule has 2 atom stereocenters. The molecule has 4 nitrogen and oxygen atoms in total. The second-order valence-electron chi connectivity index (χ2n) is 6.14.